The number of nitrogens with two attached hydrogens (primary N) is 1. The van der Waals surface area contributed by atoms with Gasteiger partial charge in [-0.2, -0.15) is 0 Å². The zero-order valence-electron chi connectivity index (χ0n) is 12.4. The van der Waals surface area contributed by atoms with E-state index in [-0.39, 0.29) is 5.75 Å². The number of hydrogen-bond acceptors (Lipinski definition) is 5. The molecule has 0 aliphatic rings. The van der Waals surface area contributed by atoms with Crippen molar-refractivity contribution in [1.29, 1.82) is 0 Å². The molecule has 0 fully saturated rings. The first kappa shape index (κ1) is 15.9. The number of phenols is 1. The van der Waals surface area contributed by atoms with Crippen LogP contribution >= 0.6 is 0 Å². The average Bonchev–Trinajstić information content (AvgIpc) is 2.55. The molecule has 5 heteroatoms. The maximum Gasteiger partial charge on any atom is 0.322 e. The van der Waals surface area contributed by atoms with Crippen molar-refractivity contribution in [3.63, 3.8) is 0 Å². The van der Waals surface area contributed by atoms with E-state index in [9.17, 15) is 9.90 Å². The first-order chi connectivity index (χ1) is 10.6. The van der Waals surface area contributed by atoms with Crippen LogP contribution in [-0.2, 0) is 22.6 Å². The highest BCUT2D eigenvalue weighted by atomic mass is 16.5. The van der Waals surface area contributed by atoms with Crippen molar-refractivity contribution in [2.45, 2.75) is 19.1 Å². The maximum absolute atomic E-state index is 11.4. The molecule has 0 bridgehead atoms. The third-order valence-electron chi connectivity index (χ3n) is 3.22. The summed E-state index contributed by atoms with van der Waals surface area (Å²) in [5.41, 5.74) is 7.52. The molecule has 1 atom stereocenters. The summed E-state index contributed by atoms with van der Waals surface area (Å²) < 4.78 is 10.2. The number of carbonyl (C=O) groups excluding carboxylic acids is 1. The third-order valence-corrected chi connectivity index (χ3v) is 3.22. The van der Waals surface area contributed by atoms with Crippen molar-refractivity contribution >= 4 is 5.97 Å². The van der Waals surface area contributed by atoms with E-state index in [1.807, 2.05) is 30.3 Å². The van der Waals surface area contributed by atoms with Crippen LogP contribution in [0.2, 0.25) is 0 Å². The molecule has 0 aromatic heterocycles. The average molecular weight is 301 g/mol. The van der Waals surface area contributed by atoms with Gasteiger partial charge in [0.15, 0.2) is 11.5 Å². The van der Waals surface area contributed by atoms with Gasteiger partial charge < -0.3 is 20.3 Å². The van der Waals surface area contributed by atoms with E-state index in [4.69, 9.17) is 10.5 Å². The van der Waals surface area contributed by atoms with Crippen LogP contribution in [0, 0.1) is 0 Å². The highest BCUT2D eigenvalue weighted by Gasteiger charge is 2.15. The Morgan fingerprint density at radius 1 is 1.18 bits per heavy atom. The van der Waals surface area contributed by atoms with Crippen molar-refractivity contribution in [1.82, 2.24) is 0 Å². The van der Waals surface area contributed by atoms with Gasteiger partial charge in [-0.25, -0.2) is 0 Å². The normalized spacial score (nSPS) is 11.7. The molecular formula is C17H19NO4. The van der Waals surface area contributed by atoms with Crippen LogP contribution < -0.4 is 10.5 Å². The molecule has 0 saturated carbocycles. The van der Waals surface area contributed by atoms with Gasteiger partial charge in [0.25, 0.3) is 0 Å². The Balaban J connectivity index is 2.05. The third kappa shape index (κ3) is 4.23. The van der Waals surface area contributed by atoms with Crippen molar-refractivity contribution in [3.05, 3.63) is 59.7 Å². The maximum atomic E-state index is 11.4. The van der Waals surface area contributed by atoms with E-state index in [1.165, 1.54) is 13.2 Å². The van der Waals surface area contributed by atoms with Crippen LogP contribution in [0.5, 0.6) is 11.5 Å². The summed E-state index contributed by atoms with van der Waals surface area (Å²) in [4.78, 5) is 11.4. The Morgan fingerprint density at radius 3 is 2.59 bits per heavy atom. The number of carbonyl (C=O) groups is 1. The predicted octanol–water partition coefficient (Wildman–Crippen LogP) is 2.01. The van der Waals surface area contributed by atoms with Gasteiger partial charge in [-0.15, -0.1) is 0 Å². The summed E-state index contributed by atoms with van der Waals surface area (Å²) in [6, 6.07) is 13.8. The van der Waals surface area contributed by atoms with E-state index in [1.54, 1.807) is 12.1 Å². The zero-order valence-corrected chi connectivity index (χ0v) is 12.4. The highest BCUT2D eigenvalue weighted by Crippen LogP contribution is 2.28. The lowest BCUT2D eigenvalue weighted by Gasteiger charge is -2.12. The molecule has 3 N–H and O–H groups in total. The standard InChI is InChI=1S/C17H19NO4/c1-21-17(20)14(18)9-13-7-8-15(19)16(10-13)22-11-12-5-3-2-4-6-12/h2-8,10,14,19H,9,11,18H2,1H3. The van der Waals surface area contributed by atoms with Gasteiger partial charge in [0, 0.05) is 0 Å². The quantitative estimate of drug-likeness (QED) is 0.798. The van der Waals surface area contributed by atoms with E-state index < -0.39 is 12.0 Å². The smallest absolute Gasteiger partial charge is 0.322 e. The topological polar surface area (TPSA) is 81.8 Å². The Bertz CT molecular complexity index is 628. The lowest BCUT2D eigenvalue weighted by Crippen LogP contribution is -2.33. The van der Waals surface area contributed by atoms with Crippen LogP contribution in [-0.4, -0.2) is 24.2 Å². The summed E-state index contributed by atoms with van der Waals surface area (Å²) >= 11 is 0. The number of benzene rings is 2. The molecule has 22 heavy (non-hydrogen) atoms. The highest BCUT2D eigenvalue weighted by molar-refractivity contribution is 5.75. The first-order valence-electron chi connectivity index (χ1n) is 6.92. The van der Waals surface area contributed by atoms with Gasteiger partial charge in [0.05, 0.1) is 7.11 Å². The fraction of sp³-hybridized carbons (Fsp3) is 0.235. The van der Waals surface area contributed by atoms with Gasteiger partial charge in [-0.3, -0.25) is 4.79 Å². The minimum Gasteiger partial charge on any atom is -0.504 e. The molecule has 0 aliphatic carbocycles. The summed E-state index contributed by atoms with van der Waals surface area (Å²) in [6.45, 7) is 0.348. The molecule has 0 radical (unpaired) electrons. The Labute approximate surface area is 129 Å². The van der Waals surface area contributed by atoms with E-state index >= 15 is 0 Å². The van der Waals surface area contributed by atoms with Crippen LogP contribution in [0.25, 0.3) is 0 Å². The second kappa shape index (κ2) is 7.47. The second-order valence-corrected chi connectivity index (χ2v) is 4.91. The zero-order chi connectivity index (χ0) is 15.9. The molecule has 5 nitrogen and oxygen atoms in total. The number of hydrogen-bond donors (Lipinski definition) is 2. The Hall–Kier alpha value is -2.53. The summed E-state index contributed by atoms with van der Waals surface area (Å²) in [6.07, 6.45) is 0.314. The van der Waals surface area contributed by atoms with Gasteiger partial charge in [-0.1, -0.05) is 36.4 Å². The van der Waals surface area contributed by atoms with E-state index in [0.29, 0.717) is 18.8 Å². The van der Waals surface area contributed by atoms with Crippen LogP contribution in [0.1, 0.15) is 11.1 Å². The summed E-state index contributed by atoms with van der Waals surface area (Å²) in [7, 11) is 1.30. The fourth-order valence-corrected chi connectivity index (χ4v) is 2.03. The van der Waals surface area contributed by atoms with Gasteiger partial charge in [0.2, 0.25) is 0 Å². The van der Waals surface area contributed by atoms with Crippen LogP contribution in [0.15, 0.2) is 48.5 Å². The predicted molar refractivity (Wildman–Crippen MR) is 82.6 cm³/mol. The van der Waals surface area contributed by atoms with E-state index in [2.05, 4.69) is 4.74 Å². The molecule has 2 rings (SSSR count). The molecule has 0 aliphatic heterocycles. The summed E-state index contributed by atoms with van der Waals surface area (Å²) in [5, 5.41) is 9.85. The molecule has 2 aromatic carbocycles. The SMILES string of the molecule is COC(=O)C(N)Cc1ccc(O)c(OCc2ccccc2)c1. The van der Waals surface area contributed by atoms with Crippen molar-refractivity contribution in [2.75, 3.05) is 7.11 Å². The van der Waals surface area contributed by atoms with Crippen molar-refractivity contribution < 1.29 is 19.4 Å². The van der Waals surface area contributed by atoms with Gasteiger partial charge >= 0.3 is 5.97 Å². The van der Waals surface area contributed by atoms with Crippen molar-refractivity contribution in [3.8, 4) is 11.5 Å². The van der Waals surface area contributed by atoms with E-state index in [0.717, 1.165) is 11.1 Å². The monoisotopic (exact) mass is 301 g/mol. The molecule has 0 amide bonds. The minimum atomic E-state index is -0.739. The van der Waals surface area contributed by atoms with Crippen LogP contribution in [0.4, 0.5) is 0 Å². The lowest BCUT2D eigenvalue weighted by molar-refractivity contribution is -0.142. The molecule has 116 valence electrons. The molecule has 0 saturated heterocycles. The van der Waals surface area contributed by atoms with Crippen LogP contribution in [0.3, 0.4) is 0 Å². The Kier molecular flexibility index (Phi) is 5.38. The number of methoxy groups -OCH3 is 1. The number of esters is 1. The second-order valence-electron chi connectivity index (χ2n) is 4.91. The number of ether oxygens (including phenoxy) is 2. The van der Waals surface area contributed by atoms with Crippen molar-refractivity contribution in [2.24, 2.45) is 5.73 Å². The molecule has 0 heterocycles. The Morgan fingerprint density at radius 2 is 1.91 bits per heavy atom. The molecular weight excluding hydrogens is 282 g/mol. The minimum absolute atomic E-state index is 0.0475. The largest absolute Gasteiger partial charge is 0.504 e. The van der Waals surface area contributed by atoms with Gasteiger partial charge in [-0.05, 0) is 29.7 Å². The molecule has 0 spiro atoms. The molecule has 2 aromatic rings. The number of phenolic OH excluding ortho intramolecular Hbond substituents is 1. The lowest BCUT2D eigenvalue weighted by atomic mass is 10.1. The number of rotatable bonds is 6. The number of aromatic hydroxyl groups is 1. The molecule has 1 unspecified atom stereocenters. The fourth-order valence-electron chi connectivity index (χ4n) is 2.03. The first-order valence-corrected chi connectivity index (χ1v) is 6.92. The summed E-state index contributed by atoms with van der Waals surface area (Å²) in [5.74, 6) is -0.0652. The van der Waals surface area contributed by atoms with Gasteiger partial charge in [0.1, 0.15) is 12.6 Å².